The summed E-state index contributed by atoms with van der Waals surface area (Å²) >= 11 is 0. The number of halogens is 3. The third-order valence-electron chi connectivity index (χ3n) is 5.51. The minimum atomic E-state index is -4.24. The van der Waals surface area contributed by atoms with Crippen LogP contribution in [0, 0.1) is 0 Å². The molecule has 2 rings (SSSR count). The van der Waals surface area contributed by atoms with E-state index >= 15 is 0 Å². The summed E-state index contributed by atoms with van der Waals surface area (Å²) in [5.41, 5.74) is 1.23. The summed E-state index contributed by atoms with van der Waals surface area (Å²) in [5.74, 6) is -0.0384. The van der Waals surface area contributed by atoms with E-state index in [1.54, 1.807) is 55.5 Å². The highest BCUT2D eigenvalue weighted by atomic mass is 19.4. The molecule has 2 amide bonds. The number of nitrogens with zero attached hydrogens (tertiary/aromatic N) is 1. The number of methoxy groups -OCH3 is 1. The summed E-state index contributed by atoms with van der Waals surface area (Å²) in [4.78, 5) is 25.7. The van der Waals surface area contributed by atoms with Crippen molar-refractivity contribution in [3.63, 3.8) is 0 Å². The number of hydrogen-bond acceptors (Lipinski definition) is 6. The van der Waals surface area contributed by atoms with Crippen LogP contribution in [-0.2, 0) is 20.7 Å². The number of aliphatic carboxylic acids is 1. The number of benzene rings is 2. The predicted octanol–water partition coefficient (Wildman–Crippen LogP) is 5.00. The van der Waals surface area contributed by atoms with Crippen LogP contribution in [0.2, 0.25) is 0 Å². The van der Waals surface area contributed by atoms with Crippen molar-refractivity contribution >= 4 is 17.7 Å². The predicted molar refractivity (Wildman–Crippen MR) is 138 cm³/mol. The Bertz CT molecular complexity index is 1020. The Labute approximate surface area is 225 Å². The second-order valence-corrected chi connectivity index (χ2v) is 8.43. The Balaban J connectivity index is 1.93. The Hall–Kier alpha value is -3.51. The van der Waals surface area contributed by atoms with Gasteiger partial charge in [0.2, 0.25) is 0 Å². The van der Waals surface area contributed by atoms with Crippen LogP contribution >= 0.6 is 0 Å². The number of ether oxygens (including phenoxy) is 4. The van der Waals surface area contributed by atoms with Gasteiger partial charge >= 0.3 is 18.2 Å². The molecule has 2 aromatic carbocycles. The molecule has 0 spiro atoms. The molecule has 2 aromatic rings. The Morgan fingerprint density at radius 2 is 1.72 bits per heavy atom. The molecule has 0 aliphatic rings. The summed E-state index contributed by atoms with van der Waals surface area (Å²) in [5, 5.41) is 12.0. The van der Waals surface area contributed by atoms with Gasteiger partial charge in [0.15, 0.2) is 6.10 Å². The fourth-order valence-corrected chi connectivity index (χ4v) is 3.54. The first-order valence-corrected chi connectivity index (χ1v) is 12.5. The van der Waals surface area contributed by atoms with Crippen LogP contribution < -0.4 is 14.8 Å². The van der Waals surface area contributed by atoms with Crippen molar-refractivity contribution in [2.24, 2.45) is 0 Å². The number of amides is 2. The molecular weight excluding hydrogens is 521 g/mol. The van der Waals surface area contributed by atoms with Gasteiger partial charge in [0, 0.05) is 32.6 Å². The van der Waals surface area contributed by atoms with E-state index in [2.05, 4.69) is 5.32 Å². The van der Waals surface area contributed by atoms with Crippen molar-refractivity contribution in [3.8, 4) is 11.5 Å². The third-order valence-corrected chi connectivity index (χ3v) is 5.51. The summed E-state index contributed by atoms with van der Waals surface area (Å²) in [6, 6.07) is 13.3. The standard InChI is InChI=1S/C27H35F3N2O7/c1-3-38-24(25(33)34)19-20-9-11-21(12-10-20)39-18-15-32(14-17-37-16-6-13-27(28,29)30)26(35)31-22-7-4-5-8-23(22)36-2/h4-5,7-12,24H,3,6,13-19H2,1-2H3,(H,31,35)(H,33,34). The van der Waals surface area contributed by atoms with Crippen LogP contribution in [0.4, 0.5) is 23.7 Å². The molecule has 0 aromatic heterocycles. The molecule has 9 nitrogen and oxygen atoms in total. The van der Waals surface area contributed by atoms with Crippen LogP contribution in [0.25, 0.3) is 0 Å². The normalized spacial score (nSPS) is 12.0. The average molecular weight is 557 g/mol. The van der Waals surface area contributed by atoms with Gasteiger partial charge in [0.25, 0.3) is 0 Å². The summed E-state index contributed by atoms with van der Waals surface area (Å²) in [7, 11) is 1.48. The van der Waals surface area contributed by atoms with E-state index < -0.39 is 30.7 Å². The number of carbonyl (C=O) groups is 2. The van der Waals surface area contributed by atoms with E-state index in [0.717, 1.165) is 5.56 Å². The van der Waals surface area contributed by atoms with Gasteiger partial charge in [-0.05, 0) is 43.2 Å². The molecule has 12 heteroatoms. The van der Waals surface area contributed by atoms with E-state index in [4.69, 9.17) is 18.9 Å². The largest absolute Gasteiger partial charge is 0.495 e. The smallest absolute Gasteiger partial charge is 0.389 e. The molecular formula is C27H35F3N2O7. The van der Waals surface area contributed by atoms with Crippen molar-refractivity contribution in [1.29, 1.82) is 0 Å². The maximum Gasteiger partial charge on any atom is 0.389 e. The number of carboxylic acids is 1. The second-order valence-electron chi connectivity index (χ2n) is 8.43. The minimum absolute atomic E-state index is 0.0521. The van der Waals surface area contributed by atoms with Gasteiger partial charge in [-0.25, -0.2) is 9.59 Å². The van der Waals surface area contributed by atoms with Crippen molar-refractivity contribution < 1.29 is 46.8 Å². The molecule has 0 saturated heterocycles. The Kier molecular flexibility index (Phi) is 13.4. The number of para-hydroxylation sites is 2. The lowest BCUT2D eigenvalue weighted by Gasteiger charge is -2.24. The van der Waals surface area contributed by atoms with Gasteiger partial charge in [0.1, 0.15) is 18.1 Å². The quantitative estimate of drug-likeness (QED) is 0.264. The number of rotatable bonds is 17. The number of nitrogens with one attached hydrogen (secondary N) is 1. The zero-order valence-electron chi connectivity index (χ0n) is 22.0. The second kappa shape index (κ2) is 16.5. The molecule has 0 aliphatic carbocycles. The molecule has 0 fully saturated rings. The van der Waals surface area contributed by atoms with E-state index in [0.29, 0.717) is 17.2 Å². The van der Waals surface area contributed by atoms with Gasteiger partial charge in [-0.2, -0.15) is 13.2 Å². The molecule has 1 unspecified atom stereocenters. The Morgan fingerprint density at radius 1 is 1.03 bits per heavy atom. The molecule has 0 bridgehead atoms. The molecule has 0 aliphatic heterocycles. The molecule has 39 heavy (non-hydrogen) atoms. The fraction of sp³-hybridized carbons (Fsp3) is 0.481. The van der Waals surface area contributed by atoms with Gasteiger partial charge in [-0.15, -0.1) is 0 Å². The number of urea groups is 1. The Morgan fingerprint density at radius 3 is 2.36 bits per heavy atom. The molecule has 0 heterocycles. The van der Waals surface area contributed by atoms with Crippen LogP contribution in [0.3, 0.4) is 0 Å². The maximum absolute atomic E-state index is 13.0. The minimum Gasteiger partial charge on any atom is -0.495 e. The fourth-order valence-electron chi connectivity index (χ4n) is 3.54. The van der Waals surface area contributed by atoms with Crippen molar-refractivity contribution in [2.75, 3.05) is 51.9 Å². The first-order chi connectivity index (χ1) is 18.6. The number of anilines is 1. The van der Waals surface area contributed by atoms with E-state index in [1.165, 1.54) is 12.0 Å². The number of alkyl halides is 3. The number of hydrogen-bond donors (Lipinski definition) is 2. The van der Waals surface area contributed by atoms with Crippen LogP contribution in [0.5, 0.6) is 11.5 Å². The highest BCUT2D eigenvalue weighted by Crippen LogP contribution is 2.24. The van der Waals surface area contributed by atoms with Gasteiger partial charge in [0.05, 0.1) is 25.9 Å². The van der Waals surface area contributed by atoms with Crippen LogP contribution in [-0.4, -0.2) is 80.9 Å². The lowest BCUT2D eigenvalue weighted by molar-refractivity contribution is -0.150. The van der Waals surface area contributed by atoms with Gasteiger partial charge in [-0.1, -0.05) is 24.3 Å². The lowest BCUT2D eigenvalue weighted by atomic mass is 10.1. The van der Waals surface area contributed by atoms with E-state index in [1.807, 2.05) is 0 Å². The van der Waals surface area contributed by atoms with Gasteiger partial charge < -0.3 is 34.3 Å². The zero-order chi connectivity index (χ0) is 28.7. The topological polar surface area (TPSA) is 107 Å². The lowest BCUT2D eigenvalue weighted by Crippen LogP contribution is -2.40. The van der Waals surface area contributed by atoms with Crippen molar-refractivity contribution in [1.82, 2.24) is 4.90 Å². The first kappa shape index (κ1) is 31.7. The van der Waals surface area contributed by atoms with Crippen molar-refractivity contribution in [3.05, 3.63) is 54.1 Å². The van der Waals surface area contributed by atoms with Gasteiger partial charge in [-0.3, -0.25) is 0 Å². The van der Waals surface area contributed by atoms with Crippen LogP contribution in [0.15, 0.2) is 48.5 Å². The van der Waals surface area contributed by atoms with E-state index in [-0.39, 0.29) is 52.4 Å². The van der Waals surface area contributed by atoms with E-state index in [9.17, 15) is 27.9 Å². The third kappa shape index (κ3) is 12.3. The molecule has 216 valence electrons. The highest BCUT2D eigenvalue weighted by Gasteiger charge is 2.26. The number of carboxylic acid groups (broad SMARTS) is 1. The number of carbonyl (C=O) groups excluding carboxylic acids is 1. The van der Waals surface area contributed by atoms with Crippen LogP contribution in [0.1, 0.15) is 25.3 Å². The summed E-state index contributed by atoms with van der Waals surface area (Å²) in [6.07, 6.45) is -6.05. The molecule has 0 saturated carbocycles. The molecule has 0 radical (unpaired) electrons. The van der Waals surface area contributed by atoms with Crippen molar-refractivity contribution in [2.45, 2.75) is 38.5 Å². The zero-order valence-corrected chi connectivity index (χ0v) is 22.0. The monoisotopic (exact) mass is 556 g/mol. The maximum atomic E-state index is 13.0. The first-order valence-electron chi connectivity index (χ1n) is 12.5. The molecule has 2 N–H and O–H groups in total. The summed E-state index contributed by atoms with van der Waals surface area (Å²) in [6.45, 7) is 2.42. The SMILES string of the molecule is CCOC(Cc1ccc(OCCN(CCOCCCC(F)(F)F)C(=O)Nc2ccccc2OC)cc1)C(=O)O. The molecule has 1 atom stereocenters. The average Bonchev–Trinajstić information content (AvgIpc) is 2.89. The highest BCUT2D eigenvalue weighted by molar-refractivity contribution is 5.91. The summed E-state index contributed by atoms with van der Waals surface area (Å²) < 4.78 is 58.5.